The summed E-state index contributed by atoms with van der Waals surface area (Å²) in [7, 11) is 3.55. The number of methoxy groups -OCH3 is 2. The molecule has 0 heterocycles. The molecular weight excluding hydrogens is 751 g/mol. The number of hydrogen-bond acceptors (Lipinski definition) is 2. The summed E-state index contributed by atoms with van der Waals surface area (Å²) in [4.78, 5) is 0. The molecule has 0 fully saturated rings. The second-order valence-electron chi connectivity index (χ2n) is 15.0. The van der Waals surface area contributed by atoms with Gasteiger partial charge in [-0.15, -0.1) is 56.9 Å². The van der Waals surface area contributed by atoms with Crippen LogP contribution in [-0.2, 0) is 34.2 Å². The number of hydrogen-bond donors (Lipinski definition) is 0. The monoisotopic (exact) mass is 800 g/mol. The molecule has 6 aromatic carbocycles. The fraction of sp³-hybridized carbons (Fsp3) is 0.318. The third-order valence-corrected chi connectivity index (χ3v) is 8.36. The molecule has 0 aliphatic carbocycles. The van der Waals surface area contributed by atoms with E-state index in [1.54, 1.807) is 37.6 Å². The Morgan fingerprint density at radius 3 is 1.12 bits per heavy atom. The standard InChI is InChI=1S/2C21H23O.C2H6Si.2ClH.Zr/c2*1-14-11-16-13-18(21(2,3)4)20(22-5)19(17(16)12-14)15-9-7-6-8-10-15;1-3-2;;;/h2*6-13H,1-5H3;1-2H3;2*1H;/q2*-1;;;;+2/p-2. The molecule has 6 heteroatoms. The molecule has 0 unspecified atom stereocenters. The van der Waals surface area contributed by atoms with E-state index in [0.29, 0.717) is 0 Å². The van der Waals surface area contributed by atoms with Crippen LogP contribution in [0.5, 0.6) is 11.5 Å². The Hall–Kier alpha value is -2.62. The zero-order valence-electron chi connectivity index (χ0n) is 31.8. The number of fused-ring (bicyclic) bond motifs is 2. The molecule has 6 aromatic rings. The zero-order chi connectivity index (χ0) is 35.4. The van der Waals surface area contributed by atoms with Gasteiger partial charge in [-0.05, 0) is 44.2 Å². The molecule has 0 aliphatic heterocycles. The predicted molar refractivity (Wildman–Crippen MR) is 207 cm³/mol. The molecule has 0 atom stereocenters. The smallest absolute Gasteiger partial charge is 1.00 e. The summed E-state index contributed by atoms with van der Waals surface area (Å²) in [5.74, 6) is 1.99. The fourth-order valence-corrected chi connectivity index (χ4v) is 6.30. The van der Waals surface area contributed by atoms with Crippen molar-refractivity contribution in [1.29, 1.82) is 0 Å². The van der Waals surface area contributed by atoms with E-state index in [2.05, 4.69) is 166 Å². The van der Waals surface area contributed by atoms with Crippen molar-refractivity contribution in [3.8, 4) is 33.8 Å². The van der Waals surface area contributed by atoms with Crippen LogP contribution in [0.25, 0.3) is 43.8 Å². The van der Waals surface area contributed by atoms with Crippen molar-refractivity contribution in [2.75, 3.05) is 14.2 Å². The zero-order valence-corrected chi connectivity index (χ0v) is 36.8. The van der Waals surface area contributed by atoms with E-state index < -0.39 is 0 Å². The maximum Gasteiger partial charge on any atom is -1.00 e. The number of ether oxygens (including phenoxy) is 2. The van der Waals surface area contributed by atoms with Gasteiger partial charge in [-0.2, -0.15) is 12.1 Å². The minimum absolute atomic E-state index is 0. The van der Waals surface area contributed by atoms with Crippen molar-refractivity contribution in [1.82, 2.24) is 0 Å². The van der Waals surface area contributed by atoms with Gasteiger partial charge in [-0.25, -0.2) is 0 Å². The van der Waals surface area contributed by atoms with Gasteiger partial charge in [0, 0.05) is 0 Å². The van der Waals surface area contributed by atoms with Crippen molar-refractivity contribution < 1.29 is 57.6 Å². The molecule has 0 aliphatic rings. The third-order valence-electron chi connectivity index (χ3n) is 8.36. The topological polar surface area (TPSA) is 18.5 Å². The van der Waals surface area contributed by atoms with Crippen LogP contribution in [0.1, 0.15) is 63.8 Å². The Morgan fingerprint density at radius 2 is 0.860 bits per heavy atom. The van der Waals surface area contributed by atoms with Gasteiger partial charge in [0.25, 0.3) is 0 Å². The van der Waals surface area contributed by atoms with Crippen LogP contribution >= 0.6 is 0 Å². The van der Waals surface area contributed by atoms with Gasteiger partial charge >= 0.3 is 41.9 Å². The maximum atomic E-state index is 5.87. The van der Waals surface area contributed by atoms with E-state index in [-0.39, 0.29) is 41.1 Å². The molecule has 264 valence electrons. The van der Waals surface area contributed by atoms with E-state index in [4.69, 9.17) is 9.47 Å². The van der Waals surface area contributed by atoms with Crippen LogP contribution in [0.4, 0.5) is 0 Å². The summed E-state index contributed by atoms with van der Waals surface area (Å²) in [6.45, 7) is 22.3. The minimum Gasteiger partial charge on any atom is -1.00 e. The summed E-state index contributed by atoms with van der Waals surface area (Å²) in [5, 5.41) is 5.13. The Balaban J connectivity index is 0.000000303. The number of benzene rings is 4. The van der Waals surface area contributed by atoms with Crippen LogP contribution < -0.4 is 34.3 Å². The van der Waals surface area contributed by atoms with Crippen molar-refractivity contribution in [3.05, 3.63) is 119 Å². The molecule has 0 amide bonds. The van der Waals surface area contributed by atoms with Gasteiger partial charge in [0.05, 0.1) is 14.2 Å². The molecule has 50 heavy (non-hydrogen) atoms. The first-order valence-corrected chi connectivity index (χ1v) is 22.9. The summed E-state index contributed by atoms with van der Waals surface area (Å²) in [5.41, 5.74) is 10.2. The SMILES string of the molecule is COc1c(C(C)(C)C)cc2[cH-]c(C)cc2c1-c1ccccc1.COc1c(C(C)(C)C)cc2[cH-]c(C)cc2c1-c1ccccc1.C[Si](C)=[Zr+2].[Cl-].[Cl-]. The average molecular weight is 803 g/mol. The quantitative estimate of drug-likeness (QED) is 0.150. The predicted octanol–water partition coefficient (Wildman–Crippen LogP) is 6.47. The Morgan fingerprint density at radius 1 is 0.560 bits per heavy atom. The van der Waals surface area contributed by atoms with Gasteiger partial charge in [0.1, 0.15) is 11.5 Å². The molecule has 6 rings (SSSR count). The fourth-order valence-electron chi connectivity index (χ4n) is 6.30. The van der Waals surface area contributed by atoms with Crippen LogP contribution in [0.3, 0.4) is 0 Å². The van der Waals surface area contributed by atoms with Crippen molar-refractivity contribution in [3.63, 3.8) is 0 Å². The van der Waals surface area contributed by atoms with Crippen LogP contribution in [-0.4, -0.2) is 19.7 Å². The molecule has 0 saturated heterocycles. The largest absolute Gasteiger partial charge is 1.00 e. The van der Waals surface area contributed by atoms with Crippen molar-refractivity contribution >= 4 is 27.0 Å². The molecule has 0 radical (unpaired) electrons. The van der Waals surface area contributed by atoms with Crippen LogP contribution in [0.2, 0.25) is 13.1 Å². The van der Waals surface area contributed by atoms with E-state index in [9.17, 15) is 0 Å². The summed E-state index contributed by atoms with van der Waals surface area (Å²) < 4.78 is 11.7. The number of aryl methyl sites for hydroxylation is 2. The summed E-state index contributed by atoms with van der Waals surface area (Å²) in [6, 6.07) is 34.7. The maximum absolute atomic E-state index is 5.87. The van der Waals surface area contributed by atoms with Crippen molar-refractivity contribution in [2.45, 2.75) is 79.3 Å². The number of halogens is 2. The minimum atomic E-state index is 0. The van der Waals surface area contributed by atoms with E-state index in [0.717, 1.165) is 11.5 Å². The Labute approximate surface area is 328 Å². The Bertz CT molecular complexity index is 1870. The Kier molecular flexibility index (Phi) is 15.9. The molecule has 0 N–H and O–H groups in total. The van der Waals surface area contributed by atoms with Crippen LogP contribution in [0, 0.1) is 13.8 Å². The van der Waals surface area contributed by atoms with E-state index in [1.807, 2.05) is 0 Å². The second kappa shape index (κ2) is 18.2. The molecule has 0 saturated carbocycles. The summed E-state index contributed by atoms with van der Waals surface area (Å²) in [6.07, 6.45) is 0. The molecular formula is C44H52Cl2O2SiZr-2. The molecule has 0 spiro atoms. The van der Waals surface area contributed by atoms with Gasteiger partial charge < -0.3 is 34.3 Å². The van der Waals surface area contributed by atoms with Gasteiger partial charge in [0.15, 0.2) is 0 Å². The number of rotatable bonds is 4. The molecule has 0 aromatic heterocycles. The molecule has 0 bridgehead atoms. The van der Waals surface area contributed by atoms with Crippen molar-refractivity contribution in [2.24, 2.45) is 0 Å². The average Bonchev–Trinajstić information content (AvgIpc) is 3.59. The first kappa shape index (κ1) is 43.5. The third kappa shape index (κ3) is 10.3. The summed E-state index contributed by atoms with van der Waals surface area (Å²) >= 11 is 1.74. The molecule has 2 nitrogen and oxygen atoms in total. The van der Waals surface area contributed by atoms with E-state index in [1.165, 1.54) is 66.1 Å². The second-order valence-corrected chi connectivity index (χ2v) is 24.3. The van der Waals surface area contributed by atoms with Gasteiger partial charge in [-0.1, -0.05) is 116 Å². The van der Waals surface area contributed by atoms with Gasteiger partial charge in [-0.3, -0.25) is 0 Å². The van der Waals surface area contributed by atoms with Gasteiger partial charge in [0.2, 0.25) is 0 Å². The van der Waals surface area contributed by atoms with E-state index >= 15 is 0 Å². The van der Waals surface area contributed by atoms with Crippen LogP contribution in [0.15, 0.2) is 97.1 Å². The normalized spacial score (nSPS) is 11.0. The first-order valence-electron chi connectivity index (χ1n) is 16.8. The first-order chi connectivity index (χ1) is 22.6.